The zero-order chi connectivity index (χ0) is 15.1. The molecule has 0 aliphatic rings. The lowest BCUT2D eigenvalue weighted by Crippen LogP contribution is -2.21. The highest BCUT2D eigenvalue weighted by atomic mass is 19.1. The van der Waals surface area contributed by atoms with Crippen LogP contribution in [0.15, 0.2) is 6.33 Å². The first-order valence-corrected chi connectivity index (χ1v) is 6.89. The molecule has 0 amide bonds. The summed E-state index contributed by atoms with van der Waals surface area (Å²) in [5.41, 5.74) is 0.362. The summed E-state index contributed by atoms with van der Waals surface area (Å²) in [6, 6.07) is 0. The summed E-state index contributed by atoms with van der Waals surface area (Å²) in [7, 11) is 0. The number of anilines is 1. The van der Waals surface area contributed by atoms with Gasteiger partial charge in [0.1, 0.15) is 6.33 Å². The van der Waals surface area contributed by atoms with Crippen molar-refractivity contribution in [1.82, 2.24) is 9.97 Å². The zero-order valence-electron chi connectivity index (χ0n) is 12.2. The second kappa shape index (κ2) is 7.77. The maximum atomic E-state index is 13.9. The minimum absolute atomic E-state index is 0.0491. The number of nitrogens with zero attached hydrogens (tertiary/aromatic N) is 2. The van der Waals surface area contributed by atoms with Gasteiger partial charge in [0.25, 0.3) is 0 Å². The van der Waals surface area contributed by atoms with Crippen LogP contribution in [0.4, 0.5) is 10.2 Å². The number of aliphatic carboxylic acids is 1. The summed E-state index contributed by atoms with van der Waals surface area (Å²) in [5, 5.41) is 11.8. The van der Waals surface area contributed by atoms with Gasteiger partial charge in [0.2, 0.25) is 0 Å². The van der Waals surface area contributed by atoms with Gasteiger partial charge in [0.15, 0.2) is 11.6 Å². The fraction of sp³-hybridized carbons (Fsp3) is 0.643. The molecule has 1 aromatic heterocycles. The van der Waals surface area contributed by atoms with Crippen molar-refractivity contribution in [2.75, 3.05) is 11.9 Å². The average Bonchev–Trinajstić information content (AvgIpc) is 2.36. The summed E-state index contributed by atoms with van der Waals surface area (Å²) in [6.45, 7) is 6.29. The van der Waals surface area contributed by atoms with Crippen LogP contribution in [0.25, 0.3) is 0 Å². The molecule has 0 aliphatic heterocycles. The molecule has 2 N–H and O–H groups in total. The Hall–Kier alpha value is -1.72. The summed E-state index contributed by atoms with van der Waals surface area (Å²) in [4.78, 5) is 18.6. The van der Waals surface area contributed by atoms with Crippen LogP contribution >= 0.6 is 0 Å². The normalized spacial score (nSPS) is 12.4. The van der Waals surface area contributed by atoms with E-state index in [1.165, 1.54) is 6.33 Å². The van der Waals surface area contributed by atoms with E-state index in [1.807, 2.05) is 20.8 Å². The molecule has 0 radical (unpaired) electrons. The molecule has 1 aromatic rings. The number of hydrogen-bond acceptors (Lipinski definition) is 4. The highest BCUT2D eigenvalue weighted by Crippen LogP contribution is 2.18. The van der Waals surface area contributed by atoms with Gasteiger partial charge in [-0.3, -0.25) is 4.79 Å². The molecule has 0 aromatic carbocycles. The lowest BCUT2D eigenvalue weighted by Gasteiger charge is -2.18. The van der Waals surface area contributed by atoms with Crippen LogP contribution in [0.5, 0.6) is 0 Å². The van der Waals surface area contributed by atoms with Crippen LogP contribution in [0.1, 0.15) is 39.3 Å². The number of carboxylic acid groups (broad SMARTS) is 1. The van der Waals surface area contributed by atoms with Gasteiger partial charge in [-0.15, -0.1) is 0 Å². The Morgan fingerprint density at radius 2 is 2.15 bits per heavy atom. The second-order valence-corrected chi connectivity index (χ2v) is 5.31. The minimum atomic E-state index is -0.838. The topological polar surface area (TPSA) is 75.1 Å². The Morgan fingerprint density at radius 1 is 1.45 bits per heavy atom. The molecule has 20 heavy (non-hydrogen) atoms. The van der Waals surface area contributed by atoms with Gasteiger partial charge in [-0.05, 0) is 24.7 Å². The van der Waals surface area contributed by atoms with E-state index in [9.17, 15) is 9.18 Å². The number of halogens is 1. The van der Waals surface area contributed by atoms with E-state index >= 15 is 0 Å². The first-order valence-electron chi connectivity index (χ1n) is 6.89. The van der Waals surface area contributed by atoms with E-state index in [0.717, 1.165) is 6.42 Å². The fourth-order valence-corrected chi connectivity index (χ4v) is 2.17. The van der Waals surface area contributed by atoms with Gasteiger partial charge < -0.3 is 10.4 Å². The summed E-state index contributed by atoms with van der Waals surface area (Å²) in [6.07, 6.45) is 2.65. The van der Waals surface area contributed by atoms with Gasteiger partial charge in [0, 0.05) is 13.0 Å². The third-order valence-electron chi connectivity index (χ3n) is 3.02. The van der Waals surface area contributed by atoms with Crippen LogP contribution in [0.2, 0.25) is 0 Å². The lowest BCUT2D eigenvalue weighted by molar-refractivity contribution is -0.138. The van der Waals surface area contributed by atoms with Crippen LogP contribution in [-0.4, -0.2) is 27.6 Å². The van der Waals surface area contributed by atoms with E-state index in [-0.39, 0.29) is 18.2 Å². The summed E-state index contributed by atoms with van der Waals surface area (Å²) >= 11 is 0. The van der Waals surface area contributed by atoms with Crippen LogP contribution in [-0.2, 0) is 11.2 Å². The molecule has 1 heterocycles. The standard InChI is InChI=1S/C14H22FN3O2/c1-4-11-13(15)14(18-8-17-11)16-7-10(5-9(2)3)6-12(19)20/h8-10H,4-7H2,1-3H3,(H,19,20)(H,16,17,18). The molecule has 0 bridgehead atoms. The first kappa shape index (κ1) is 16.3. The number of aryl methyl sites for hydroxylation is 1. The number of hydrogen-bond donors (Lipinski definition) is 2. The van der Waals surface area contributed by atoms with E-state index in [1.54, 1.807) is 0 Å². The molecule has 0 aliphatic carbocycles. The SMILES string of the molecule is CCc1ncnc(NCC(CC(=O)O)CC(C)C)c1F. The predicted molar refractivity (Wildman–Crippen MR) is 75.1 cm³/mol. The Morgan fingerprint density at radius 3 is 2.70 bits per heavy atom. The van der Waals surface area contributed by atoms with Gasteiger partial charge in [-0.2, -0.15) is 0 Å². The fourth-order valence-electron chi connectivity index (χ4n) is 2.17. The number of carboxylic acids is 1. The molecule has 0 spiro atoms. The van der Waals surface area contributed by atoms with Crippen molar-refractivity contribution in [3.63, 3.8) is 0 Å². The highest BCUT2D eigenvalue weighted by molar-refractivity contribution is 5.67. The van der Waals surface area contributed by atoms with Gasteiger partial charge in [0.05, 0.1) is 5.69 Å². The second-order valence-electron chi connectivity index (χ2n) is 5.31. The predicted octanol–water partition coefficient (Wildman–Crippen LogP) is 2.73. The third kappa shape index (κ3) is 5.11. The Bertz CT molecular complexity index is 452. The molecule has 0 fully saturated rings. The summed E-state index contributed by atoms with van der Waals surface area (Å²) in [5.74, 6) is -0.797. The third-order valence-corrected chi connectivity index (χ3v) is 3.02. The minimum Gasteiger partial charge on any atom is -0.481 e. The van der Waals surface area contributed by atoms with Crippen LogP contribution in [0, 0.1) is 17.7 Å². The van der Waals surface area contributed by atoms with E-state index < -0.39 is 11.8 Å². The zero-order valence-corrected chi connectivity index (χ0v) is 12.2. The van der Waals surface area contributed by atoms with Crippen molar-refractivity contribution < 1.29 is 14.3 Å². The molecular weight excluding hydrogens is 261 g/mol. The molecule has 1 atom stereocenters. The summed E-state index contributed by atoms with van der Waals surface area (Å²) < 4.78 is 13.9. The molecule has 1 unspecified atom stereocenters. The Balaban J connectivity index is 2.69. The maximum Gasteiger partial charge on any atom is 0.303 e. The van der Waals surface area contributed by atoms with Gasteiger partial charge >= 0.3 is 5.97 Å². The molecular formula is C14H22FN3O2. The highest BCUT2D eigenvalue weighted by Gasteiger charge is 2.17. The van der Waals surface area contributed by atoms with Crippen molar-refractivity contribution in [2.45, 2.75) is 40.0 Å². The van der Waals surface area contributed by atoms with Crippen LogP contribution < -0.4 is 5.32 Å². The largest absolute Gasteiger partial charge is 0.481 e. The van der Waals surface area contributed by atoms with Crippen molar-refractivity contribution in [2.24, 2.45) is 11.8 Å². The van der Waals surface area contributed by atoms with Crippen LogP contribution in [0.3, 0.4) is 0 Å². The number of nitrogens with one attached hydrogen (secondary N) is 1. The molecule has 0 saturated heterocycles. The number of aromatic nitrogens is 2. The van der Waals surface area contributed by atoms with E-state index in [0.29, 0.717) is 24.6 Å². The lowest BCUT2D eigenvalue weighted by atomic mass is 9.94. The van der Waals surface area contributed by atoms with E-state index in [4.69, 9.17) is 5.11 Å². The molecule has 5 nitrogen and oxygen atoms in total. The van der Waals surface area contributed by atoms with Crippen molar-refractivity contribution in [1.29, 1.82) is 0 Å². The molecule has 1 rings (SSSR count). The molecule has 112 valence electrons. The first-order chi connectivity index (χ1) is 9.43. The monoisotopic (exact) mass is 283 g/mol. The van der Waals surface area contributed by atoms with Crippen molar-refractivity contribution in [3.8, 4) is 0 Å². The molecule has 0 saturated carbocycles. The van der Waals surface area contributed by atoms with Crippen molar-refractivity contribution >= 4 is 11.8 Å². The Kier molecular flexibility index (Phi) is 6.35. The van der Waals surface area contributed by atoms with E-state index in [2.05, 4.69) is 15.3 Å². The van der Waals surface area contributed by atoms with Gasteiger partial charge in [-0.1, -0.05) is 20.8 Å². The smallest absolute Gasteiger partial charge is 0.303 e. The Labute approximate surface area is 118 Å². The molecule has 6 heteroatoms. The van der Waals surface area contributed by atoms with Gasteiger partial charge in [-0.25, -0.2) is 14.4 Å². The number of rotatable bonds is 8. The average molecular weight is 283 g/mol. The van der Waals surface area contributed by atoms with Crippen molar-refractivity contribution in [3.05, 3.63) is 17.8 Å². The quantitative estimate of drug-likeness (QED) is 0.767. The maximum absolute atomic E-state index is 13.9. The number of carbonyl (C=O) groups is 1.